The summed E-state index contributed by atoms with van der Waals surface area (Å²) in [5.41, 5.74) is 3.02. The molecule has 0 aliphatic carbocycles. The molecule has 0 spiro atoms. The highest BCUT2D eigenvalue weighted by molar-refractivity contribution is 5.64. The van der Waals surface area contributed by atoms with Crippen LogP contribution in [-0.2, 0) is 0 Å². The summed E-state index contributed by atoms with van der Waals surface area (Å²) in [6, 6.07) is 15.8. The van der Waals surface area contributed by atoms with Gasteiger partial charge in [-0.3, -0.25) is 0 Å². The van der Waals surface area contributed by atoms with E-state index in [-0.39, 0.29) is 0 Å². The maximum atomic E-state index is 5.33. The minimum atomic E-state index is 0.400. The van der Waals surface area contributed by atoms with E-state index in [1.54, 1.807) is 13.3 Å². The third-order valence-corrected chi connectivity index (χ3v) is 3.76. The Kier molecular flexibility index (Phi) is 5.09. The molecule has 0 bridgehead atoms. The molecule has 0 saturated carbocycles. The van der Waals surface area contributed by atoms with Crippen LogP contribution in [0.1, 0.15) is 25.3 Å². The number of nitrogens with one attached hydrogen (secondary N) is 2. The van der Waals surface area contributed by atoms with E-state index in [0.717, 1.165) is 17.1 Å². The molecule has 1 heterocycles. The minimum Gasteiger partial charge on any atom is -0.495 e. The SMILES string of the molecule is COc1ccccc1Nc1nncc(Nc2ccccc2C(C)C)n1. The Hall–Kier alpha value is -3.15. The first-order chi connectivity index (χ1) is 12.2. The Bertz CT molecular complexity index is 850. The van der Waals surface area contributed by atoms with Crippen molar-refractivity contribution in [3.05, 3.63) is 60.3 Å². The highest BCUT2D eigenvalue weighted by atomic mass is 16.5. The van der Waals surface area contributed by atoms with Crippen LogP contribution in [0.15, 0.2) is 54.7 Å². The zero-order chi connectivity index (χ0) is 17.6. The second-order valence-corrected chi connectivity index (χ2v) is 5.86. The molecule has 0 aliphatic rings. The Labute approximate surface area is 147 Å². The molecule has 0 radical (unpaired) electrons. The molecule has 0 atom stereocenters. The Morgan fingerprint density at radius 2 is 1.64 bits per heavy atom. The van der Waals surface area contributed by atoms with E-state index in [1.165, 1.54) is 5.56 Å². The molecule has 0 aliphatic heterocycles. The molecular formula is C19H21N5O. The number of aromatic nitrogens is 3. The quantitative estimate of drug-likeness (QED) is 0.691. The van der Waals surface area contributed by atoms with Gasteiger partial charge in [-0.1, -0.05) is 44.2 Å². The lowest BCUT2D eigenvalue weighted by atomic mass is 10.0. The lowest BCUT2D eigenvalue weighted by Gasteiger charge is -2.14. The van der Waals surface area contributed by atoms with Crippen LogP contribution in [0, 0.1) is 0 Å². The fourth-order valence-electron chi connectivity index (χ4n) is 2.54. The lowest BCUT2D eigenvalue weighted by molar-refractivity contribution is 0.417. The van der Waals surface area contributed by atoms with Gasteiger partial charge in [0.05, 0.1) is 19.0 Å². The molecule has 6 nitrogen and oxygen atoms in total. The van der Waals surface area contributed by atoms with E-state index < -0.39 is 0 Å². The van der Waals surface area contributed by atoms with Gasteiger partial charge in [0.25, 0.3) is 0 Å². The third-order valence-electron chi connectivity index (χ3n) is 3.76. The monoisotopic (exact) mass is 335 g/mol. The minimum absolute atomic E-state index is 0.400. The molecule has 3 aromatic rings. The van der Waals surface area contributed by atoms with E-state index in [1.807, 2.05) is 42.5 Å². The molecule has 128 valence electrons. The number of methoxy groups -OCH3 is 1. The number of rotatable bonds is 6. The molecule has 2 N–H and O–H groups in total. The summed E-state index contributed by atoms with van der Waals surface area (Å²) < 4.78 is 5.33. The molecule has 1 aromatic heterocycles. The summed E-state index contributed by atoms with van der Waals surface area (Å²) >= 11 is 0. The van der Waals surface area contributed by atoms with Crippen LogP contribution in [-0.4, -0.2) is 22.3 Å². The van der Waals surface area contributed by atoms with Gasteiger partial charge in [0.1, 0.15) is 5.75 Å². The zero-order valence-corrected chi connectivity index (χ0v) is 14.5. The maximum absolute atomic E-state index is 5.33. The predicted octanol–water partition coefficient (Wildman–Crippen LogP) is 4.49. The van der Waals surface area contributed by atoms with Crippen LogP contribution in [0.3, 0.4) is 0 Å². The average molecular weight is 335 g/mol. The van der Waals surface area contributed by atoms with E-state index in [9.17, 15) is 0 Å². The Morgan fingerprint density at radius 3 is 2.40 bits per heavy atom. The first kappa shape index (κ1) is 16.7. The highest BCUT2D eigenvalue weighted by Crippen LogP contribution is 2.28. The summed E-state index contributed by atoms with van der Waals surface area (Å²) in [6.45, 7) is 4.32. The van der Waals surface area contributed by atoms with Crippen LogP contribution in [0.2, 0.25) is 0 Å². The fourth-order valence-corrected chi connectivity index (χ4v) is 2.54. The molecule has 0 unspecified atom stereocenters. The van der Waals surface area contributed by atoms with Crippen molar-refractivity contribution in [2.24, 2.45) is 0 Å². The molecule has 25 heavy (non-hydrogen) atoms. The van der Waals surface area contributed by atoms with Crippen molar-refractivity contribution in [3.8, 4) is 5.75 Å². The van der Waals surface area contributed by atoms with Crippen LogP contribution < -0.4 is 15.4 Å². The van der Waals surface area contributed by atoms with Crippen molar-refractivity contribution >= 4 is 23.1 Å². The van der Waals surface area contributed by atoms with E-state index >= 15 is 0 Å². The number of ether oxygens (including phenoxy) is 1. The second-order valence-electron chi connectivity index (χ2n) is 5.86. The van der Waals surface area contributed by atoms with Gasteiger partial charge in [0.2, 0.25) is 5.95 Å². The van der Waals surface area contributed by atoms with Gasteiger partial charge >= 0.3 is 0 Å². The van der Waals surface area contributed by atoms with Gasteiger partial charge < -0.3 is 15.4 Å². The second kappa shape index (κ2) is 7.61. The number of benzene rings is 2. The molecular weight excluding hydrogens is 314 g/mol. The first-order valence-electron chi connectivity index (χ1n) is 8.13. The Morgan fingerprint density at radius 1 is 0.920 bits per heavy atom. The topological polar surface area (TPSA) is 72.0 Å². The number of nitrogens with zero attached hydrogens (tertiary/aromatic N) is 3. The molecule has 6 heteroatoms. The van der Waals surface area contributed by atoms with Crippen molar-refractivity contribution < 1.29 is 4.74 Å². The first-order valence-corrected chi connectivity index (χ1v) is 8.13. The van der Waals surface area contributed by atoms with Gasteiger partial charge in [0, 0.05) is 5.69 Å². The zero-order valence-electron chi connectivity index (χ0n) is 14.5. The molecule has 0 amide bonds. The van der Waals surface area contributed by atoms with E-state index in [4.69, 9.17) is 4.74 Å². The van der Waals surface area contributed by atoms with Crippen LogP contribution in [0.4, 0.5) is 23.1 Å². The number of hydrogen-bond acceptors (Lipinski definition) is 6. The number of anilines is 4. The largest absolute Gasteiger partial charge is 0.495 e. The maximum Gasteiger partial charge on any atom is 0.249 e. The van der Waals surface area contributed by atoms with E-state index in [2.05, 4.69) is 45.7 Å². The molecule has 2 aromatic carbocycles. The summed E-state index contributed by atoms with van der Waals surface area (Å²) in [6.07, 6.45) is 1.60. The summed E-state index contributed by atoms with van der Waals surface area (Å²) in [5.74, 6) is 2.15. The van der Waals surface area contributed by atoms with Crippen LogP contribution >= 0.6 is 0 Å². The van der Waals surface area contributed by atoms with Gasteiger partial charge in [-0.15, -0.1) is 5.10 Å². The van der Waals surface area contributed by atoms with Crippen molar-refractivity contribution in [1.82, 2.24) is 15.2 Å². The van der Waals surface area contributed by atoms with Crippen LogP contribution in [0.5, 0.6) is 5.75 Å². The van der Waals surface area contributed by atoms with Crippen LogP contribution in [0.25, 0.3) is 0 Å². The summed E-state index contributed by atoms with van der Waals surface area (Å²) in [5, 5.41) is 14.5. The van der Waals surface area contributed by atoms with Gasteiger partial charge in [-0.2, -0.15) is 10.1 Å². The van der Waals surface area contributed by atoms with Gasteiger partial charge in [0.15, 0.2) is 5.82 Å². The van der Waals surface area contributed by atoms with Gasteiger partial charge in [-0.25, -0.2) is 0 Å². The summed E-state index contributed by atoms with van der Waals surface area (Å²) in [7, 11) is 1.63. The average Bonchev–Trinajstić information content (AvgIpc) is 2.63. The predicted molar refractivity (Wildman–Crippen MR) is 99.9 cm³/mol. The molecule has 3 rings (SSSR count). The molecule has 0 fully saturated rings. The molecule has 0 saturated heterocycles. The van der Waals surface area contributed by atoms with Gasteiger partial charge in [-0.05, 0) is 29.7 Å². The van der Waals surface area contributed by atoms with Crippen molar-refractivity contribution in [2.45, 2.75) is 19.8 Å². The number of para-hydroxylation sites is 3. The lowest BCUT2D eigenvalue weighted by Crippen LogP contribution is -2.04. The fraction of sp³-hybridized carbons (Fsp3) is 0.211. The Balaban J connectivity index is 1.83. The summed E-state index contributed by atoms with van der Waals surface area (Å²) in [4.78, 5) is 4.49. The third kappa shape index (κ3) is 4.03. The van der Waals surface area contributed by atoms with E-state index in [0.29, 0.717) is 17.7 Å². The van der Waals surface area contributed by atoms with Crippen molar-refractivity contribution in [1.29, 1.82) is 0 Å². The number of hydrogen-bond donors (Lipinski definition) is 2. The smallest absolute Gasteiger partial charge is 0.249 e. The van der Waals surface area contributed by atoms with Crippen molar-refractivity contribution in [2.75, 3.05) is 17.7 Å². The highest BCUT2D eigenvalue weighted by Gasteiger charge is 2.09. The van der Waals surface area contributed by atoms with Crippen molar-refractivity contribution in [3.63, 3.8) is 0 Å². The standard InChI is InChI=1S/C19H21N5O/c1-13(2)14-8-4-5-9-15(14)21-18-12-20-24-19(23-18)22-16-10-6-7-11-17(16)25-3/h4-13H,1-3H3,(H2,21,22,23,24). The normalized spacial score (nSPS) is 10.6.